The Hall–Kier alpha value is -1.09. The van der Waals surface area contributed by atoms with Gasteiger partial charge in [-0.05, 0) is 25.6 Å². The van der Waals surface area contributed by atoms with Crippen molar-refractivity contribution in [2.45, 2.75) is 12.5 Å². The average Bonchev–Trinajstić information content (AvgIpc) is 2.67. The molecule has 0 saturated carbocycles. The first-order chi connectivity index (χ1) is 6.81. The lowest BCUT2D eigenvalue weighted by Gasteiger charge is -2.18. The molecule has 1 unspecified atom stereocenters. The summed E-state index contributed by atoms with van der Waals surface area (Å²) in [5.41, 5.74) is 0.727. The summed E-state index contributed by atoms with van der Waals surface area (Å²) in [5.74, 6) is -0.121. The molecule has 1 aliphatic rings. The van der Waals surface area contributed by atoms with Crippen LogP contribution in [0.1, 0.15) is 6.42 Å². The summed E-state index contributed by atoms with van der Waals surface area (Å²) < 4.78 is 13.4. The van der Waals surface area contributed by atoms with Crippen molar-refractivity contribution >= 4 is 5.69 Å². The summed E-state index contributed by atoms with van der Waals surface area (Å²) in [5, 5.41) is 3.22. The van der Waals surface area contributed by atoms with E-state index in [-0.39, 0.29) is 5.82 Å². The largest absolute Gasteiger partial charge is 0.368 e. The van der Waals surface area contributed by atoms with Crippen LogP contribution in [0.2, 0.25) is 0 Å². The summed E-state index contributed by atoms with van der Waals surface area (Å²) >= 11 is 0. The van der Waals surface area contributed by atoms with Crippen LogP contribution in [-0.2, 0) is 0 Å². The monoisotopic (exact) mass is 194 g/mol. The van der Waals surface area contributed by atoms with Gasteiger partial charge in [0.15, 0.2) is 0 Å². The maximum absolute atomic E-state index is 13.4. The van der Waals surface area contributed by atoms with Gasteiger partial charge in [-0.3, -0.25) is 0 Å². The summed E-state index contributed by atoms with van der Waals surface area (Å²) in [6.07, 6.45) is 1.09. The van der Waals surface area contributed by atoms with Crippen LogP contribution in [0.5, 0.6) is 0 Å². The third-order valence-electron chi connectivity index (χ3n) is 2.79. The molecule has 76 valence electrons. The predicted molar refractivity (Wildman–Crippen MR) is 56.1 cm³/mol. The number of halogens is 1. The minimum Gasteiger partial charge on any atom is -0.368 e. The summed E-state index contributed by atoms with van der Waals surface area (Å²) in [6, 6.07) is 7.46. The highest BCUT2D eigenvalue weighted by atomic mass is 19.1. The van der Waals surface area contributed by atoms with Crippen molar-refractivity contribution in [3.05, 3.63) is 30.1 Å². The number of hydrogen-bond acceptors (Lipinski definition) is 2. The van der Waals surface area contributed by atoms with Gasteiger partial charge < -0.3 is 10.2 Å². The number of nitrogens with one attached hydrogen (secondary N) is 1. The van der Waals surface area contributed by atoms with Crippen molar-refractivity contribution < 1.29 is 4.39 Å². The Morgan fingerprint density at radius 2 is 2.21 bits per heavy atom. The lowest BCUT2D eigenvalue weighted by molar-refractivity contribution is 0.609. The fourth-order valence-electron chi connectivity index (χ4n) is 1.92. The molecule has 1 aliphatic heterocycles. The molecule has 1 aromatic carbocycles. The van der Waals surface area contributed by atoms with Crippen LogP contribution >= 0.6 is 0 Å². The van der Waals surface area contributed by atoms with Gasteiger partial charge in [-0.25, -0.2) is 4.39 Å². The molecule has 1 atom stereocenters. The molecule has 0 radical (unpaired) electrons. The van der Waals surface area contributed by atoms with E-state index in [2.05, 4.69) is 10.2 Å². The zero-order chi connectivity index (χ0) is 9.97. The zero-order valence-electron chi connectivity index (χ0n) is 8.33. The van der Waals surface area contributed by atoms with Crippen LogP contribution in [-0.4, -0.2) is 26.2 Å². The number of hydrogen-bond donors (Lipinski definition) is 1. The van der Waals surface area contributed by atoms with Crippen LogP contribution < -0.4 is 10.2 Å². The number of rotatable bonds is 2. The van der Waals surface area contributed by atoms with Crippen LogP contribution in [0.25, 0.3) is 0 Å². The number of benzene rings is 1. The zero-order valence-corrected chi connectivity index (χ0v) is 8.33. The second-order valence-corrected chi connectivity index (χ2v) is 3.67. The molecule has 0 bridgehead atoms. The molecular weight excluding hydrogens is 179 g/mol. The molecule has 0 aliphatic carbocycles. The van der Waals surface area contributed by atoms with Crippen molar-refractivity contribution in [1.29, 1.82) is 0 Å². The van der Waals surface area contributed by atoms with Gasteiger partial charge in [0.25, 0.3) is 0 Å². The molecule has 1 saturated heterocycles. The van der Waals surface area contributed by atoms with E-state index in [1.807, 2.05) is 19.2 Å². The molecule has 0 aromatic heterocycles. The molecule has 2 rings (SSSR count). The average molecular weight is 194 g/mol. The van der Waals surface area contributed by atoms with E-state index in [9.17, 15) is 4.39 Å². The van der Waals surface area contributed by atoms with Gasteiger partial charge in [0.2, 0.25) is 0 Å². The number of nitrogens with zero attached hydrogens (tertiary/aromatic N) is 1. The van der Waals surface area contributed by atoms with E-state index in [0.717, 1.165) is 25.2 Å². The van der Waals surface area contributed by atoms with Gasteiger partial charge in [0.1, 0.15) is 5.82 Å². The minimum absolute atomic E-state index is 0.121. The van der Waals surface area contributed by atoms with Crippen molar-refractivity contribution in [3.63, 3.8) is 0 Å². The fraction of sp³-hybridized carbons (Fsp3) is 0.455. The van der Waals surface area contributed by atoms with Gasteiger partial charge in [-0.1, -0.05) is 12.1 Å². The van der Waals surface area contributed by atoms with Gasteiger partial charge in [0, 0.05) is 19.1 Å². The molecule has 1 fully saturated rings. The van der Waals surface area contributed by atoms with Crippen LogP contribution in [0.3, 0.4) is 0 Å². The maximum atomic E-state index is 13.4. The van der Waals surface area contributed by atoms with Gasteiger partial charge in [-0.15, -0.1) is 0 Å². The fourth-order valence-corrected chi connectivity index (χ4v) is 1.92. The van der Waals surface area contributed by atoms with Crippen LogP contribution in [0.4, 0.5) is 10.1 Å². The predicted octanol–water partition coefficient (Wildman–Crippen LogP) is 1.62. The Bertz CT molecular complexity index is 314. The smallest absolute Gasteiger partial charge is 0.146 e. The topological polar surface area (TPSA) is 15.3 Å². The van der Waals surface area contributed by atoms with Crippen LogP contribution in [0, 0.1) is 5.82 Å². The van der Waals surface area contributed by atoms with Crippen molar-refractivity contribution in [1.82, 2.24) is 5.32 Å². The first-order valence-electron chi connectivity index (χ1n) is 4.98. The highest BCUT2D eigenvalue weighted by Gasteiger charge is 2.22. The number of likely N-dealkylation sites (N-methyl/N-ethyl adjacent to an activating group) is 1. The minimum atomic E-state index is -0.121. The van der Waals surface area contributed by atoms with Crippen molar-refractivity contribution in [2.24, 2.45) is 0 Å². The van der Waals surface area contributed by atoms with Gasteiger partial charge >= 0.3 is 0 Å². The Morgan fingerprint density at radius 3 is 2.86 bits per heavy atom. The first kappa shape index (κ1) is 9.46. The van der Waals surface area contributed by atoms with E-state index in [0.29, 0.717) is 6.04 Å². The third-order valence-corrected chi connectivity index (χ3v) is 2.79. The lowest BCUT2D eigenvalue weighted by Crippen LogP contribution is -2.29. The van der Waals surface area contributed by atoms with Crippen molar-refractivity contribution in [2.75, 3.05) is 25.0 Å². The molecule has 1 N–H and O–H groups in total. The van der Waals surface area contributed by atoms with E-state index < -0.39 is 0 Å². The first-order valence-corrected chi connectivity index (χ1v) is 4.98. The Kier molecular flexibility index (Phi) is 2.68. The Morgan fingerprint density at radius 1 is 1.43 bits per heavy atom. The molecule has 14 heavy (non-hydrogen) atoms. The molecule has 3 heteroatoms. The highest BCUT2D eigenvalue weighted by molar-refractivity contribution is 5.48. The lowest BCUT2D eigenvalue weighted by atomic mass is 10.3. The van der Waals surface area contributed by atoms with Gasteiger partial charge in [0.05, 0.1) is 5.69 Å². The van der Waals surface area contributed by atoms with Gasteiger partial charge in [-0.2, -0.15) is 0 Å². The Balaban J connectivity index is 2.13. The standard InChI is InChI=1S/C11H15FN2/c1-13-9-6-7-14(8-9)11-5-3-2-4-10(11)12/h2-5,9,13H,6-8H2,1H3. The summed E-state index contributed by atoms with van der Waals surface area (Å²) in [7, 11) is 1.95. The maximum Gasteiger partial charge on any atom is 0.146 e. The normalized spacial score (nSPS) is 21.6. The second-order valence-electron chi connectivity index (χ2n) is 3.67. The molecular formula is C11H15FN2. The quantitative estimate of drug-likeness (QED) is 0.769. The molecule has 0 amide bonds. The molecule has 2 nitrogen and oxygen atoms in total. The number of anilines is 1. The summed E-state index contributed by atoms with van der Waals surface area (Å²) in [4.78, 5) is 2.09. The Labute approximate surface area is 83.7 Å². The molecule has 1 aromatic rings. The van der Waals surface area contributed by atoms with Crippen molar-refractivity contribution in [3.8, 4) is 0 Å². The molecule has 1 heterocycles. The van der Waals surface area contributed by atoms with E-state index in [4.69, 9.17) is 0 Å². The third kappa shape index (κ3) is 1.73. The SMILES string of the molecule is CNC1CCN(c2ccccc2F)C1. The van der Waals surface area contributed by atoms with Crippen LogP contribution in [0.15, 0.2) is 24.3 Å². The second kappa shape index (κ2) is 3.96. The van der Waals surface area contributed by atoms with E-state index in [1.165, 1.54) is 6.07 Å². The number of para-hydroxylation sites is 1. The highest BCUT2D eigenvalue weighted by Crippen LogP contribution is 2.22. The van der Waals surface area contributed by atoms with E-state index in [1.54, 1.807) is 6.07 Å². The van der Waals surface area contributed by atoms with E-state index >= 15 is 0 Å². The molecule has 0 spiro atoms. The summed E-state index contributed by atoms with van der Waals surface area (Å²) in [6.45, 7) is 1.84.